The molecule has 0 amide bonds. The smallest absolute Gasteiger partial charge is 0.269 e. The van der Waals surface area contributed by atoms with E-state index in [1.165, 1.54) is 12.1 Å². The third-order valence-corrected chi connectivity index (χ3v) is 8.14. The van der Waals surface area contributed by atoms with Crippen molar-refractivity contribution in [1.82, 2.24) is 19.9 Å². The zero-order valence-electron chi connectivity index (χ0n) is 21.4. The van der Waals surface area contributed by atoms with E-state index in [4.69, 9.17) is 12.2 Å². The fourth-order valence-corrected chi connectivity index (χ4v) is 6.17. The zero-order valence-corrected chi connectivity index (χ0v) is 23.0. The molecule has 3 aromatic heterocycles. The third kappa shape index (κ3) is 4.94. The quantitative estimate of drug-likeness (QED) is 0.131. The van der Waals surface area contributed by atoms with Crippen molar-refractivity contribution in [3.63, 3.8) is 0 Å². The third-order valence-electron chi connectivity index (χ3n) is 6.81. The monoisotopic (exact) mass is 564 g/mol. The molecule has 198 valence electrons. The van der Waals surface area contributed by atoms with Crippen LogP contribution in [0, 0.1) is 17.0 Å². The molecule has 8 nitrogen and oxygen atoms in total. The molecule has 0 saturated carbocycles. The van der Waals surface area contributed by atoms with Crippen molar-refractivity contribution >= 4 is 40.5 Å². The van der Waals surface area contributed by atoms with Gasteiger partial charge in [-0.3, -0.25) is 20.1 Å². The van der Waals surface area contributed by atoms with E-state index in [0.29, 0.717) is 5.11 Å². The second kappa shape index (κ2) is 10.9. The molecule has 10 heteroatoms. The van der Waals surface area contributed by atoms with E-state index < -0.39 is 4.92 Å². The number of pyridine rings is 2. The van der Waals surface area contributed by atoms with Gasteiger partial charge in [-0.15, -0.1) is 0 Å². The van der Waals surface area contributed by atoms with Crippen LogP contribution in [-0.4, -0.2) is 24.6 Å². The van der Waals surface area contributed by atoms with Gasteiger partial charge in [0.05, 0.1) is 28.5 Å². The number of aryl methyl sites for hydroxylation is 1. The highest BCUT2D eigenvalue weighted by Crippen LogP contribution is 2.43. The minimum absolute atomic E-state index is 0.0783. The number of aromatic nitrogens is 3. The Morgan fingerprint density at radius 1 is 0.900 bits per heavy atom. The van der Waals surface area contributed by atoms with Gasteiger partial charge in [-0.05, 0) is 91.9 Å². The summed E-state index contributed by atoms with van der Waals surface area (Å²) in [4.78, 5) is 23.7. The van der Waals surface area contributed by atoms with Crippen LogP contribution >= 0.6 is 24.0 Å². The maximum atomic E-state index is 11.0. The van der Waals surface area contributed by atoms with E-state index in [1.54, 1.807) is 36.3 Å². The molecule has 0 aliphatic carbocycles. The van der Waals surface area contributed by atoms with Gasteiger partial charge in [-0.2, -0.15) is 0 Å². The van der Waals surface area contributed by atoms with Gasteiger partial charge in [-0.1, -0.05) is 17.8 Å². The fraction of sp³-hybridized carbons (Fsp3) is 0.100. The average molecular weight is 565 g/mol. The summed E-state index contributed by atoms with van der Waals surface area (Å²) in [6, 6.07) is 28.6. The van der Waals surface area contributed by atoms with Gasteiger partial charge in [0, 0.05) is 51.4 Å². The predicted octanol–water partition coefficient (Wildman–Crippen LogP) is 6.81. The Kier molecular flexibility index (Phi) is 7.02. The first-order valence-electron chi connectivity index (χ1n) is 12.6. The van der Waals surface area contributed by atoms with Gasteiger partial charge in [-0.25, -0.2) is 0 Å². The Bertz CT molecular complexity index is 1660. The van der Waals surface area contributed by atoms with Gasteiger partial charge in [0.1, 0.15) is 6.04 Å². The van der Waals surface area contributed by atoms with Crippen LogP contribution in [0.15, 0.2) is 119 Å². The summed E-state index contributed by atoms with van der Waals surface area (Å²) in [5, 5.41) is 15.1. The van der Waals surface area contributed by atoms with Crippen molar-refractivity contribution < 1.29 is 4.92 Å². The normalized spacial score (nSPS) is 16.6. The van der Waals surface area contributed by atoms with Crippen LogP contribution in [0.5, 0.6) is 0 Å². The van der Waals surface area contributed by atoms with Crippen molar-refractivity contribution in [3.05, 3.63) is 137 Å². The van der Waals surface area contributed by atoms with E-state index in [-0.39, 0.29) is 17.8 Å². The molecular weight excluding hydrogens is 541 g/mol. The number of thiocarbonyl (C=S) groups is 1. The second-order valence-electron chi connectivity index (χ2n) is 9.29. The first kappa shape index (κ1) is 25.7. The minimum Gasteiger partial charge on any atom is -0.351 e. The lowest BCUT2D eigenvalue weighted by molar-refractivity contribution is -0.384. The maximum Gasteiger partial charge on any atom is 0.269 e. The number of nitro benzene ring substituents is 1. The van der Waals surface area contributed by atoms with Crippen LogP contribution < -0.4 is 10.2 Å². The first-order valence-corrected chi connectivity index (χ1v) is 13.8. The summed E-state index contributed by atoms with van der Waals surface area (Å²) in [6.45, 7) is 2.08. The van der Waals surface area contributed by atoms with Crippen molar-refractivity contribution in [3.8, 4) is 5.69 Å². The number of benzene rings is 2. The maximum absolute atomic E-state index is 11.0. The molecule has 2 aromatic carbocycles. The molecule has 40 heavy (non-hydrogen) atoms. The number of non-ortho nitro benzene ring substituents is 1. The lowest BCUT2D eigenvalue weighted by Crippen LogP contribution is -2.30. The van der Waals surface area contributed by atoms with Gasteiger partial charge in [0.15, 0.2) is 5.11 Å². The number of nitrogens with one attached hydrogen (secondary N) is 1. The van der Waals surface area contributed by atoms with Gasteiger partial charge >= 0.3 is 0 Å². The van der Waals surface area contributed by atoms with E-state index in [1.807, 2.05) is 42.6 Å². The number of anilines is 1. The summed E-state index contributed by atoms with van der Waals surface area (Å²) < 4.78 is 2.22. The molecule has 1 aliphatic rings. The Labute approximate surface area is 240 Å². The number of rotatable bonds is 7. The standard InChI is InChI=1S/C30H24N6O2S2/c1-20-7-16-27(34(20)23-5-4-17-31-19-23)29-28(26-6-2-3-18-32-26)33-30(39)35(29)21-8-12-24(13-9-21)40-25-14-10-22(11-15-25)36(37)38/h2-19,28-29H,1H3,(H,33,39)/t28-,29+/m0/s1. The second-order valence-corrected chi connectivity index (χ2v) is 10.8. The highest BCUT2D eigenvalue weighted by atomic mass is 32.2. The summed E-state index contributed by atoms with van der Waals surface area (Å²) in [5.74, 6) is 0. The number of nitrogens with zero attached hydrogens (tertiary/aromatic N) is 5. The topological polar surface area (TPSA) is 89.1 Å². The van der Waals surface area contributed by atoms with Crippen molar-refractivity contribution in [2.24, 2.45) is 0 Å². The van der Waals surface area contributed by atoms with Crippen LogP contribution in [0.3, 0.4) is 0 Å². The molecule has 0 unspecified atom stereocenters. The number of nitro groups is 1. The molecule has 0 radical (unpaired) electrons. The molecule has 5 aromatic rings. The van der Waals surface area contributed by atoms with Gasteiger partial charge in [0.2, 0.25) is 0 Å². The van der Waals surface area contributed by atoms with Crippen LogP contribution in [-0.2, 0) is 0 Å². The van der Waals surface area contributed by atoms with Crippen LogP contribution in [0.4, 0.5) is 11.4 Å². The Morgan fingerprint density at radius 2 is 1.65 bits per heavy atom. The number of hydrogen-bond acceptors (Lipinski definition) is 6. The van der Waals surface area contributed by atoms with Crippen LogP contribution in [0.1, 0.15) is 29.2 Å². The van der Waals surface area contributed by atoms with E-state index in [9.17, 15) is 10.1 Å². The summed E-state index contributed by atoms with van der Waals surface area (Å²) in [5.41, 5.74) is 5.07. The largest absolute Gasteiger partial charge is 0.351 e. The van der Waals surface area contributed by atoms with E-state index >= 15 is 0 Å². The molecule has 4 heterocycles. The van der Waals surface area contributed by atoms with Crippen molar-refractivity contribution in [2.45, 2.75) is 28.8 Å². The van der Waals surface area contributed by atoms with Crippen molar-refractivity contribution in [2.75, 3.05) is 4.90 Å². The Hall–Kier alpha value is -4.54. The Balaban J connectivity index is 1.37. The predicted molar refractivity (Wildman–Crippen MR) is 160 cm³/mol. The van der Waals surface area contributed by atoms with Gasteiger partial charge in [0.25, 0.3) is 5.69 Å². The molecular formula is C30H24N6O2S2. The highest BCUT2D eigenvalue weighted by Gasteiger charge is 2.42. The fourth-order valence-electron chi connectivity index (χ4n) is 5.01. The summed E-state index contributed by atoms with van der Waals surface area (Å²) in [6.07, 6.45) is 5.43. The molecule has 0 spiro atoms. The Morgan fingerprint density at radius 3 is 2.30 bits per heavy atom. The lowest BCUT2D eigenvalue weighted by Gasteiger charge is -2.29. The van der Waals surface area contributed by atoms with Crippen molar-refractivity contribution in [1.29, 1.82) is 0 Å². The average Bonchev–Trinajstić information content (AvgIpc) is 3.53. The molecule has 1 aliphatic heterocycles. The number of hydrogen-bond donors (Lipinski definition) is 1. The molecule has 1 saturated heterocycles. The minimum atomic E-state index is -0.392. The van der Waals surface area contributed by atoms with Crippen LogP contribution in [0.25, 0.3) is 5.69 Å². The molecule has 1 N–H and O–H groups in total. The first-order chi connectivity index (χ1) is 19.5. The molecule has 2 atom stereocenters. The van der Waals surface area contributed by atoms with E-state index in [0.717, 1.165) is 38.2 Å². The summed E-state index contributed by atoms with van der Waals surface area (Å²) in [7, 11) is 0. The summed E-state index contributed by atoms with van der Waals surface area (Å²) >= 11 is 7.47. The molecule has 1 fully saturated rings. The lowest BCUT2D eigenvalue weighted by atomic mass is 10.0. The molecule has 0 bridgehead atoms. The SMILES string of the molecule is Cc1ccc([C@@H]2[C@H](c3ccccn3)NC(=S)N2c2ccc(Sc3ccc([N+](=O)[O-])cc3)cc2)n1-c1cccnc1. The zero-order chi connectivity index (χ0) is 27.6. The van der Waals surface area contributed by atoms with Crippen LogP contribution in [0.2, 0.25) is 0 Å². The van der Waals surface area contributed by atoms with E-state index in [2.05, 4.69) is 62.0 Å². The highest BCUT2D eigenvalue weighted by molar-refractivity contribution is 7.99. The molecule has 6 rings (SSSR count). The van der Waals surface area contributed by atoms with Gasteiger partial charge < -0.3 is 14.8 Å².